The van der Waals surface area contributed by atoms with Crippen molar-refractivity contribution < 1.29 is 14.3 Å². The summed E-state index contributed by atoms with van der Waals surface area (Å²) in [6.07, 6.45) is 1.35. The van der Waals surface area contributed by atoms with Gasteiger partial charge in [0.05, 0.1) is 18.3 Å². The molecule has 0 fully saturated rings. The second-order valence-corrected chi connectivity index (χ2v) is 3.14. The predicted molar refractivity (Wildman–Crippen MR) is 52.5 cm³/mol. The van der Waals surface area contributed by atoms with Crippen LogP contribution >= 0.6 is 0 Å². The maximum atomic E-state index is 11.4. The smallest absolute Gasteiger partial charge is 0.335 e. The third-order valence-corrected chi connectivity index (χ3v) is 2.24. The van der Waals surface area contributed by atoms with Crippen LogP contribution in [-0.2, 0) is 14.3 Å². The number of carbonyl (C=O) groups is 1. The predicted octanol–water partition coefficient (Wildman–Crippen LogP) is 0.961. The van der Waals surface area contributed by atoms with Crippen molar-refractivity contribution in [2.24, 2.45) is 5.73 Å². The Hall–Kier alpha value is -1.03. The molecule has 14 heavy (non-hydrogen) atoms. The van der Waals surface area contributed by atoms with Gasteiger partial charge in [0.25, 0.3) is 0 Å². The summed E-state index contributed by atoms with van der Waals surface area (Å²) in [5.74, 6) is -0.299. The Labute approximate surface area is 84.1 Å². The first-order chi connectivity index (χ1) is 6.70. The molecule has 0 aliphatic heterocycles. The Morgan fingerprint density at radius 3 is 2.79 bits per heavy atom. The van der Waals surface area contributed by atoms with Gasteiger partial charge in [-0.15, -0.1) is 0 Å². The van der Waals surface area contributed by atoms with E-state index in [1.54, 1.807) is 6.92 Å². The molecule has 80 valence electrons. The lowest BCUT2D eigenvalue weighted by atomic mass is 10.2. The standard InChI is InChI=1S/C10H17NO3/c1-3-13-8-6-5-7(9(8)11)10(12)14-4-2/h8H,3-6,11H2,1-2H3. The number of rotatable bonds is 4. The lowest BCUT2D eigenvalue weighted by Crippen LogP contribution is -2.19. The number of carbonyl (C=O) groups excluding carboxylic acids is 1. The Bertz CT molecular complexity index is 248. The van der Waals surface area contributed by atoms with Gasteiger partial charge in [0, 0.05) is 12.3 Å². The summed E-state index contributed by atoms with van der Waals surface area (Å²) in [4.78, 5) is 11.4. The third kappa shape index (κ3) is 2.26. The van der Waals surface area contributed by atoms with Crippen molar-refractivity contribution in [2.75, 3.05) is 13.2 Å². The van der Waals surface area contributed by atoms with Crippen molar-refractivity contribution in [3.63, 3.8) is 0 Å². The summed E-state index contributed by atoms with van der Waals surface area (Å²) in [6, 6.07) is 0. The molecular formula is C10H17NO3. The minimum Gasteiger partial charge on any atom is -0.463 e. The van der Waals surface area contributed by atoms with Crippen LogP contribution < -0.4 is 5.73 Å². The Morgan fingerprint density at radius 2 is 2.21 bits per heavy atom. The monoisotopic (exact) mass is 199 g/mol. The van der Waals surface area contributed by atoms with E-state index in [2.05, 4.69) is 0 Å². The fourth-order valence-electron chi connectivity index (χ4n) is 1.58. The highest BCUT2D eigenvalue weighted by Gasteiger charge is 2.28. The van der Waals surface area contributed by atoms with Crippen LogP contribution in [0, 0.1) is 0 Å². The molecule has 4 heteroatoms. The molecule has 0 aromatic heterocycles. The topological polar surface area (TPSA) is 61.5 Å². The molecule has 1 rings (SSSR count). The van der Waals surface area contributed by atoms with Gasteiger partial charge in [0.2, 0.25) is 0 Å². The SMILES string of the molecule is CCOC(=O)C1=C(N)C(OCC)CC1. The highest BCUT2D eigenvalue weighted by atomic mass is 16.5. The van der Waals surface area contributed by atoms with Crippen molar-refractivity contribution in [1.82, 2.24) is 0 Å². The molecule has 0 saturated carbocycles. The molecule has 1 atom stereocenters. The lowest BCUT2D eigenvalue weighted by molar-refractivity contribution is -0.138. The Morgan fingerprint density at radius 1 is 1.50 bits per heavy atom. The molecule has 0 heterocycles. The van der Waals surface area contributed by atoms with Crippen LogP contribution in [0.4, 0.5) is 0 Å². The maximum Gasteiger partial charge on any atom is 0.335 e. The Balaban J connectivity index is 2.64. The quantitative estimate of drug-likeness (QED) is 0.685. The summed E-state index contributed by atoms with van der Waals surface area (Å²) in [5, 5.41) is 0. The second kappa shape index (κ2) is 5.00. The van der Waals surface area contributed by atoms with E-state index in [0.717, 1.165) is 6.42 Å². The number of nitrogens with two attached hydrogens (primary N) is 1. The first kappa shape index (κ1) is 11.0. The number of hydrogen-bond donors (Lipinski definition) is 1. The van der Waals surface area contributed by atoms with Crippen molar-refractivity contribution in [2.45, 2.75) is 32.8 Å². The highest BCUT2D eigenvalue weighted by Crippen LogP contribution is 2.26. The second-order valence-electron chi connectivity index (χ2n) is 3.14. The van der Waals surface area contributed by atoms with Crippen molar-refractivity contribution in [1.29, 1.82) is 0 Å². The first-order valence-electron chi connectivity index (χ1n) is 4.97. The van der Waals surface area contributed by atoms with Gasteiger partial charge in [-0.2, -0.15) is 0 Å². The molecule has 0 aromatic rings. The van der Waals surface area contributed by atoms with Crippen LogP contribution in [0.1, 0.15) is 26.7 Å². The summed E-state index contributed by atoms with van der Waals surface area (Å²) < 4.78 is 10.3. The van der Waals surface area contributed by atoms with E-state index in [-0.39, 0.29) is 12.1 Å². The van der Waals surface area contributed by atoms with Crippen LogP contribution in [-0.4, -0.2) is 25.3 Å². The zero-order valence-electron chi connectivity index (χ0n) is 8.71. The van der Waals surface area contributed by atoms with Gasteiger partial charge in [-0.1, -0.05) is 0 Å². The van der Waals surface area contributed by atoms with E-state index in [1.807, 2.05) is 6.92 Å². The summed E-state index contributed by atoms with van der Waals surface area (Å²) in [6.45, 7) is 4.69. The Kier molecular flexibility index (Phi) is 3.95. The number of hydrogen-bond acceptors (Lipinski definition) is 4. The van der Waals surface area contributed by atoms with Crippen LogP contribution in [0.2, 0.25) is 0 Å². The van der Waals surface area contributed by atoms with Crippen molar-refractivity contribution >= 4 is 5.97 Å². The van der Waals surface area contributed by atoms with E-state index >= 15 is 0 Å². The molecule has 0 amide bonds. The van der Waals surface area contributed by atoms with Gasteiger partial charge >= 0.3 is 5.97 Å². The molecule has 1 aliphatic carbocycles. The fraction of sp³-hybridized carbons (Fsp3) is 0.700. The number of ether oxygens (including phenoxy) is 2. The molecule has 0 radical (unpaired) electrons. The van der Waals surface area contributed by atoms with Crippen molar-refractivity contribution in [3.05, 3.63) is 11.3 Å². The molecule has 2 N–H and O–H groups in total. The largest absolute Gasteiger partial charge is 0.463 e. The van der Waals surface area contributed by atoms with E-state index in [4.69, 9.17) is 15.2 Å². The first-order valence-corrected chi connectivity index (χ1v) is 4.97. The van der Waals surface area contributed by atoms with Crippen LogP contribution in [0.5, 0.6) is 0 Å². The minimum atomic E-state index is -0.299. The van der Waals surface area contributed by atoms with Crippen LogP contribution in [0.3, 0.4) is 0 Å². The molecule has 0 aromatic carbocycles. The summed E-state index contributed by atoms with van der Waals surface area (Å²) >= 11 is 0. The van der Waals surface area contributed by atoms with Crippen LogP contribution in [0.15, 0.2) is 11.3 Å². The van der Waals surface area contributed by atoms with E-state index in [9.17, 15) is 4.79 Å². The van der Waals surface area contributed by atoms with Gasteiger partial charge < -0.3 is 15.2 Å². The molecule has 1 aliphatic rings. The molecule has 4 nitrogen and oxygen atoms in total. The third-order valence-electron chi connectivity index (χ3n) is 2.24. The fourth-order valence-corrected chi connectivity index (χ4v) is 1.58. The van der Waals surface area contributed by atoms with Crippen molar-refractivity contribution in [3.8, 4) is 0 Å². The minimum absolute atomic E-state index is 0.0978. The van der Waals surface area contributed by atoms with Gasteiger partial charge in [-0.05, 0) is 26.7 Å². The molecule has 0 spiro atoms. The average Bonchev–Trinajstić information content (AvgIpc) is 2.49. The van der Waals surface area contributed by atoms with E-state index < -0.39 is 0 Å². The average molecular weight is 199 g/mol. The van der Waals surface area contributed by atoms with Crippen LogP contribution in [0.25, 0.3) is 0 Å². The van der Waals surface area contributed by atoms with Gasteiger partial charge in [-0.3, -0.25) is 0 Å². The highest BCUT2D eigenvalue weighted by molar-refractivity contribution is 5.90. The molecule has 1 unspecified atom stereocenters. The molecule has 0 saturated heterocycles. The maximum absolute atomic E-state index is 11.4. The van der Waals surface area contributed by atoms with Gasteiger partial charge in [0.15, 0.2) is 0 Å². The number of esters is 1. The molecular weight excluding hydrogens is 182 g/mol. The summed E-state index contributed by atoms with van der Waals surface area (Å²) in [5.41, 5.74) is 6.93. The summed E-state index contributed by atoms with van der Waals surface area (Å²) in [7, 11) is 0. The zero-order chi connectivity index (χ0) is 10.6. The van der Waals surface area contributed by atoms with E-state index in [1.165, 1.54) is 0 Å². The normalized spacial score (nSPS) is 21.4. The van der Waals surface area contributed by atoms with Gasteiger partial charge in [0.1, 0.15) is 0 Å². The molecule has 0 bridgehead atoms. The van der Waals surface area contributed by atoms with Gasteiger partial charge in [-0.25, -0.2) is 4.79 Å². The van der Waals surface area contributed by atoms with E-state index in [0.29, 0.717) is 30.9 Å². The zero-order valence-corrected chi connectivity index (χ0v) is 8.71. The lowest BCUT2D eigenvalue weighted by Gasteiger charge is -2.10.